The molecule has 0 aliphatic carbocycles. The van der Waals surface area contributed by atoms with Gasteiger partial charge in [-0.1, -0.05) is 30.3 Å². The lowest BCUT2D eigenvalue weighted by atomic mass is 10.1. The number of aromatic nitrogens is 1. The summed E-state index contributed by atoms with van der Waals surface area (Å²) in [5, 5.41) is 5.96. The Morgan fingerprint density at radius 1 is 1.14 bits per heavy atom. The molecule has 0 saturated heterocycles. The van der Waals surface area contributed by atoms with Crippen LogP contribution < -0.4 is 10.6 Å². The summed E-state index contributed by atoms with van der Waals surface area (Å²) in [5.74, 6) is 0.240. The highest BCUT2D eigenvalue weighted by molar-refractivity contribution is 7.90. The zero-order chi connectivity index (χ0) is 14.7. The minimum atomic E-state index is -3.69. The number of hydrogen-bond acceptors (Lipinski definition) is 5. The molecule has 0 amide bonds. The van der Waals surface area contributed by atoms with Crippen LogP contribution in [0.15, 0.2) is 58.1 Å². The maximum atomic E-state index is 12.0. The minimum Gasteiger partial charge on any atom is -0.355 e. The predicted octanol–water partition coefficient (Wildman–Crippen LogP) is 1.38. The molecule has 2 aromatic rings. The van der Waals surface area contributed by atoms with E-state index in [2.05, 4.69) is 20.0 Å². The van der Waals surface area contributed by atoms with Crippen molar-refractivity contribution in [2.75, 3.05) is 11.9 Å². The summed E-state index contributed by atoms with van der Waals surface area (Å²) in [7, 11) is -3.69. The second kappa shape index (κ2) is 5.53. The Hall–Kier alpha value is -2.41. The van der Waals surface area contributed by atoms with Crippen molar-refractivity contribution in [3.05, 3.63) is 54.4 Å². The van der Waals surface area contributed by atoms with E-state index < -0.39 is 10.0 Å². The number of guanidine groups is 1. The van der Waals surface area contributed by atoms with E-state index in [1.807, 2.05) is 30.3 Å². The average Bonchev–Trinajstić information content (AvgIpc) is 2.48. The van der Waals surface area contributed by atoms with Gasteiger partial charge in [0, 0.05) is 18.9 Å². The Morgan fingerprint density at radius 3 is 2.76 bits per heavy atom. The molecule has 0 atom stereocenters. The molecule has 0 saturated carbocycles. The third-order valence-electron chi connectivity index (χ3n) is 3.08. The quantitative estimate of drug-likeness (QED) is 0.895. The van der Waals surface area contributed by atoms with E-state index in [0.717, 1.165) is 6.42 Å². The first-order valence-corrected chi connectivity index (χ1v) is 7.93. The molecule has 7 heteroatoms. The number of rotatable bonds is 3. The number of anilines is 1. The molecule has 21 heavy (non-hydrogen) atoms. The standard InChI is InChI=1S/C14H14N4O2S/c19-21(20)13-10-15-8-7-12(13)17-14(18-21)16-9-6-11-4-2-1-3-5-11/h1-5,7-8,10H,6,9H2,(H2,16,17,18). The fourth-order valence-corrected chi connectivity index (χ4v) is 3.09. The summed E-state index contributed by atoms with van der Waals surface area (Å²) in [6.45, 7) is 0.589. The lowest BCUT2D eigenvalue weighted by Crippen LogP contribution is -2.35. The van der Waals surface area contributed by atoms with Crippen LogP contribution >= 0.6 is 0 Å². The molecule has 1 aromatic heterocycles. The van der Waals surface area contributed by atoms with Crippen molar-refractivity contribution < 1.29 is 8.42 Å². The molecule has 1 aliphatic rings. The van der Waals surface area contributed by atoms with Crippen LogP contribution in [0.4, 0.5) is 5.69 Å². The third kappa shape index (κ3) is 3.03. The van der Waals surface area contributed by atoms with Gasteiger partial charge in [-0.2, -0.15) is 8.42 Å². The average molecular weight is 302 g/mol. The Labute approximate surface area is 123 Å². The normalized spacial score (nSPS) is 15.5. The molecule has 0 spiro atoms. The lowest BCUT2D eigenvalue weighted by molar-refractivity contribution is 0.597. The molecule has 2 N–H and O–H groups in total. The van der Waals surface area contributed by atoms with Gasteiger partial charge < -0.3 is 10.6 Å². The monoisotopic (exact) mass is 302 g/mol. The maximum absolute atomic E-state index is 12.0. The van der Waals surface area contributed by atoms with Crippen molar-refractivity contribution in [1.29, 1.82) is 0 Å². The van der Waals surface area contributed by atoms with Crippen LogP contribution in [0.25, 0.3) is 0 Å². The van der Waals surface area contributed by atoms with Gasteiger partial charge >= 0.3 is 0 Å². The lowest BCUT2D eigenvalue weighted by Gasteiger charge is -2.18. The molecule has 1 aromatic carbocycles. The van der Waals surface area contributed by atoms with Crippen LogP contribution in [0.2, 0.25) is 0 Å². The summed E-state index contributed by atoms with van der Waals surface area (Å²) in [4.78, 5) is 3.91. The number of pyridine rings is 1. The van der Waals surface area contributed by atoms with Gasteiger partial charge in [-0.05, 0) is 18.1 Å². The molecule has 0 radical (unpaired) electrons. The Balaban J connectivity index is 1.69. The van der Waals surface area contributed by atoms with E-state index >= 15 is 0 Å². The summed E-state index contributed by atoms with van der Waals surface area (Å²) >= 11 is 0. The van der Waals surface area contributed by atoms with Gasteiger partial charge in [0.25, 0.3) is 10.0 Å². The van der Waals surface area contributed by atoms with Crippen molar-refractivity contribution in [1.82, 2.24) is 10.3 Å². The van der Waals surface area contributed by atoms with Gasteiger partial charge in [0.15, 0.2) is 0 Å². The molecule has 108 valence electrons. The van der Waals surface area contributed by atoms with E-state index in [4.69, 9.17) is 0 Å². The molecule has 0 bridgehead atoms. The number of fused-ring (bicyclic) bond motifs is 1. The minimum absolute atomic E-state index is 0.0959. The van der Waals surface area contributed by atoms with Crippen LogP contribution in [0.3, 0.4) is 0 Å². The molecular formula is C14H14N4O2S. The number of sulfonamides is 1. The third-order valence-corrected chi connectivity index (χ3v) is 4.38. The molecule has 0 unspecified atom stereocenters. The zero-order valence-corrected chi connectivity index (χ0v) is 12.0. The van der Waals surface area contributed by atoms with Crippen LogP contribution in [0.5, 0.6) is 0 Å². The molecule has 3 rings (SSSR count). The second-order valence-electron chi connectivity index (χ2n) is 4.57. The van der Waals surface area contributed by atoms with Gasteiger partial charge in [-0.15, -0.1) is 4.40 Å². The van der Waals surface area contributed by atoms with E-state index in [9.17, 15) is 8.42 Å². The van der Waals surface area contributed by atoms with Gasteiger partial charge in [-0.3, -0.25) is 4.98 Å². The molecule has 6 nitrogen and oxygen atoms in total. The van der Waals surface area contributed by atoms with E-state index in [-0.39, 0.29) is 10.9 Å². The van der Waals surface area contributed by atoms with Gasteiger partial charge in [0.2, 0.25) is 5.96 Å². The fourth-order valence-electron chi connectivity index (χ4n) is 2.05. The van der Waals surface area contributed by atoms with Crippen LogP contribution in [-0.4, -0.2) is 25.9 Å². The van der Waals surface area contributed by atoms with Crippen molar-refractivity contribution >= 4 is 21.7 Å². The predicted molar refractivity (Wildman–Crippen MR) is 80.6 cm³/mol. The highest BCUT2D eigenvalue weighted by Crippen LogP contribution is 2.24. The first-order valence-electron chi connectivity index (χ1n) is 6.49. The number of nitrogens with zero attached hydrogens (tertiary/aromatic N) is 2. The Morgan fingerprint density at radius 2 is 1.95 bits per heavy atom. The summed E-state index contributed by atoms with van der Waals surface area (Å²) in [5.41, 5.74) is 1.66. The van der Waals surface area contributed by atoms with E-state index in [1.54, 1.807) is 6.07 Å². The highest BCUT2D eigenvalue weighted by atomic mass is 32.2. The summed E-state index contributed by atoms with van der Waals surface area (Å²) in [6, 6.07) is 11.6. The largest absolute Gasteiger partial charge is 0.355 e. The number of benzene rings is 1. The van der Waals surface area contributed by atoms with Gasteiger partial charge in [-0.25, -0.2) is 0 Å². The van der Waals surface area contributed by atoms with Crippen molar-refractivity contribution in [2.24, 2.45) is 4.40 Å². The highest BCUT2D eigenvalue weighted by Gasteiger charge is 2.24. The van der Waals surface area contributed by atoms with E-state index in [0.29, 0.717) is 12.2 Å². The van der Waals surface area contributed by atoms with E-state index in [1.165, 1.54) is 18.0 Å². The second-order valence-corrected chi connectivity index (χ2v) is 6.15. The number of hydrogen-bond donors (Lipinski definition) is 2. The summed E-state index contributed by atoms with van der Waals surface area (Å²) in [6.07, 6.45) is 3.61. The van der Waals surface area contributed by atoms with Crippen LogP contribution in [0, 0.1) is 0 Å². The zero-order valence-electron chi connectivity index (χ0n) is 11.2. The first kappa shape index (κ1) is 13.6. The maximum Gasteiger partial charge on any atom is 0.289 e. The van der Waals surface area contributed by atoms with Gasteiger partial charge in [0.05, 0.1) is 5.69 Å². The summed E-state index contributed by atoms with van der Waals surface area (Å²) < 4.78 is 27.7. The molecular weight excluding hydrogens is 288 g/mol. The molecule has 2 heterocycles. The van der Waals surface area contributed by atoms with Crippen molar-refractivity contribution in [2.45, 2.75) is 11.3 Å². The number of nitrogens with one attached hydrogen (secondary N) is 2. The Bertz CT molecular complexity index is 773. The van der Waals surface area contributed by atoms with Crippen molar-refractivity contribution in [3.8, 4) is 0 Å². The molecule has 1 aliphatic heterocycles. The van der Waals surface area contributed by atoms with Crippen LogP contribution in [-0.2, 0) is 16.4 Å². The first-order chi connectivity index (χ1) is 10.1. The fraction of sp³-hybridized carbons (Fsp3) is 0.143. The van der Waals surface area contributed by atoms with Crippen molar-refractivity contribution in [3.63, 3.8) is 0 Å². The Kier molecular flexibility index (Phi) is 3.57. The SMILES string of the molecule is O=S1(=O)N=C(NCCc2ccccc2)Nc2ccncc21. The topological polar surface area (TPSA) is 83.5 Å². The molecule has 0 fully saturated rings. The smallest absolute Gasteiger partial charge is 0.289 e. The van der Waals surface area contributed by atoms with Crippen LogP contribution in [0.1, 0.15) is 5.56 Å². The van der Waals surface area contributed by atoms with Gasteiger partial charge in [0.1, 0.15) is 4.90 Å².